The number of nitrogens with one attached hydrogen (secondary N) is 1. The smallest absolute Gasteiger partial charge is 0.245 e. The number of hydrogen-bond donors (Lipinski definition) is 1. The Bertz CT molecular complexity index is 1010. The fourth-order valence-electron chi connectivity index (χ4n) is 3.14. The van der Waals surface area contributed by atoms with Crippen molar-refractivity contribution in [1.82, 2.24) is 9.99 Å². The summed E-state index contributed by atoms with van der Waals surface area (Å²) in [7, 11) is -3.08. The molecule has 2 aliphatic rings. The third kappa shape index (κ3) is 3.09. The van der Waals surface area contributed by atoms with E-state index >= 15 is 0 Å². The van der Waals surface area contributed by atoms with Crippen LogP contribution in [0.5, 0.6) is 0 Å². The summed E-state index contributed by atoms with van der Waals surface area (Å²) < 4.78 is 23.8. The number of carbonyl (C=O) groups is 1. The predicted octanol–water partition coefficient (Wildman–Crippen LogP) is 1.62. The zero-order valence-electron chi connectivity index (χ0n) is 13.4. The average molecular weight is 376 g/mol. The predicted molar refractivity (Wildman–Crippen MR) is 99.7 cm³/mol. The number of hydrogen-bond acceptors (Lipinski definition) is 5. The number of rotatable bonds is 2. The van der Waals surface area contributed by atoms with Crippen LogP contribution < -0.4 is 0 Å². The molecule has 9 heteroatoms. The summed E-state index contributed by atoms with van der Waals surface area (Å²) in [6.45, 7) is 1.37. The van der Waals surface area contributed by atoms with Gasteiger partial charge >= 0.3 is 0 Å². The van der Waals surface area contributed by atoms with Crippen LogP contribution in [0.2, 0.25) is 0 Å². The largest absolute Gasteiger partial charge is 0.361 e. The monoisotopic (exact) mass is 376 g/mol. The number of thioether (sulfide) groups is 1. The molecule has 1 aromatic heterocycles. The first-order chi connectivity index (χ1) is 11.9. The van der Waals surface area contributed by atoms with Crippen LogP contribution in [0, 0.1) is 0 Å². The number of aliphatic imine (C=N–C) groups is 1. The SMILES string of the molecule is CC(=O)N=C1S[C@@H]2CS(=O)(=O)C[C@@H]2N1/N=C\c1c[nH]c2ccccc12. The van der Waals surface area contributed by atoms with Crippen molar-refractivity contribution < 1.29 is 13.2 Å². The first-order valence-corrected chi connectivity index (χ1v) is 10.5. The van der Waals surface area contributed by atoms with Gasteiger partial charge in [-0.25, -0.2) is 13.4 Å². The highest BCUT2D eigenvalue weighted by Gasteiger charge is 2.49. The van der Waals surface area contributed by atoms with E-state index in [2.05, 4.69) is 15.1 Å². The first kappa shape index (κ1) is 16.3. The van der Waals surface area contributed by atoms with Gasteiger partial charge in [0.05, 0.1) is 29.0 Å². The maximum Gasteiger partial charge on any atom is 0.245 e. The topological polar surface area (TPSA) is 95.0 Å². The summed E-state index contributed by atoms with van der Waals surface area (Å²) in [5, 5.41) is 7.42. The van der Waals surface area contributed by atoms with E-state index < -0.39 is 9.84 Å². The molecule has 130 valence electrons. The van der Waals surface area contributed by atoms with Gasteiger partial charge in [0.1, 0.15) is 0 Å². The molecule has 1 N–H and O–H groups in total. The van der Waals surface area contributed by atoms with Crippen LogP contribution in [0.25, 0.3) is 10.9 Å². The third-order valence-electron chi connectivity index (χ3n) is 4.23. The van der Waals surface area contributed by atoms with Gasteiger partial charge in [-0.1, -0.05) is 30.0 Å². The van der Waals surface area contributed by atoms with Gasteiger partial charge in [0, 0.05) is 29.6 Å². The van der Waals surface area contributed by atoms with E-state index in [1.807, 2.05) is 30.5 Å². The molecular formula is C16H16N4O3S2. The fourth-order valence-corrected chi connectivity index (χ4v) is 7.02. The highest BCUT2D eigenvalue weighted by molar-refractivity contribution is 8.15. The van der Waals surface area contributed by atoms with E-state index in [-0.39, 0.29) is 28.7 Å². The maximum atomic E-state index is 11.9. The Kier molecular flexibility index (Phi) is 3.92. The lowest BCUT2D eigenvalue weighted by Gasteiger charge is -2.17. The second-order valence-electron chi connectivity index (χ2n) is 6.09. The number of benzene rings is 1. The zero-order valence-corrected chi connectivity index (χ0v) is 15.0. The zero-order chi connectivity index (χ0) is 17.6. The van der Waals surface area contributed by atoms with Gasteiger partial charge in [-0.15, -0.1) is 0 Å². The third-order valence-corrected chi connectivity index (χ3v) is 7.43. The number of aromatic amines is 1. The van der Waals surface area contributed by atoms with E-state index in [0.29, 0.717) is 5.17 Å². The van der Waals surface area contributed by atoms with Gasteiger partial charge in [0.25, 0.3) is 0 Å². The Morgan fingerprint density at radius 2 is 2.16 bits per heavy atom. The normalized spacial score (nSPS) is 26.8. The number of nitrogens with zero attached hydrogens (tertiary/aromatic N) is 3. The number of aromatic nitrogens is 1. The van der Waals surface area contributed by atoms with Crippen LogP contribution in [-0.4, -0.2) is 58.5 Å². The average Bonchev–Trinajstić information content (AvgIpc) is 3.16. The molecule has 4 rings (SSSR count). The standard InChI is InChI=1S/C16H16N4O3S2/c1-10(21)19-16-20(14-8-25(22,23)9-15(14)24-16)18-7-11-6-17-13-5-3-2-4-12(11)13/h2-7,14-15,17H,8-9H2,1H3/b18-7-,19-16?/t14-,15+/m0/s1. The number of amides is 1. The molecule has 0 radical (unpaired) electrons. The van der Waals surface area contributed by atoms with Crippen LogP contribution in [-0.2, 0) is 14.6 Å². The van der Waals surface area contributed by atoms with Gasteiger partial charge in [0.15, 0.2) is 15.0 Å². The van der Waals surface area contributed by atoms with E-state index in [1.54, 1.807) is 11.2 Å². The minimum Gasteiger partial charge on any atom is -0.361 e. The Hall–Kier alpha value is -2.13. The van der Waals surface area contributed by atoms with Gasteiger partial charge in [-0.2, -0.15) is 10.1 Å². The molecule has 1 amide bonds. The van der Waals surface area contributed by atoms with E-state index in [1.165, 1.54) is 18.7 Å². The summed E-state index contributed by atoms with van der Waals surface area (Å²) in [5.74, 6) is -0.192. The minimum absolute atomic E-state index is 0.0345. The van der Waals surface area contributed by atoms with E-state index in [9.17, 15) is 13.2 Å². The number of hydrazone groups is 1. The Morgan fingerprint density at radius 3 is 2.96 bits per heavy atom. The first-order valence-electron chi connectivity index (χ1n) is 7.79. The number of carbonyl (C=O) groups excluding carboxylic acids is 1. The molecule has 2 saturated heterocycles. The molecule has 3 heterocycles. The molecule has 0 spiro atoms. The summed E-state index contributed by atoms with van der Waals surface area (Å²) in [4.78, 5) is 18.6. The second-order valence-corrected chi connectivity index (χ2v) is 9.45. The highest BCUT2D eigenvalue weighted by atomic mass is 32.2. The number of fused-ring (bicyclic) bond motifs is 2. The van der Waals surface area contributed by atoms with Crippen LogP contribution >= 0.6 is 11.8 Å². The Morgan fingerprint density at radius 1 is 1.36 bits per heavy atom. The van der Waals surface area contributed by atoms with Crippen LogP contribution in [0.3, 0.4) is 0 Å². The highest BCUT2D eigenvalue weighted by Crippen LogP contribution is 2.38. The molecule has 2 fully saturated rings. The minimum atomic E-state index is -3.08. The summed E-state index contributed by atoms with van der Waals surface area (Å²) in [6.07, 6.45) is 3.53. The molecule has 2 aromatic rings. The van der Waals surface area contributed by atoms with Crippen molar-refractivity contribution in [3.8, 4) is 0 Å². The molecule has 25 heavy (non-hydrogen) atoms. The van der Waals surface area contributed by atoms with Crippen molar-refractivity contribution in [2.24, 2.45) is 10.1 Å². The molecular weight excluding hydrogens is 360 g/mol. The van der Waals surface area contributed by atoms with Crippen molar-refractivity contribution in [2.45, 2.75) is 18.2 Å². The van der Waals surface area contributed by atoms with Crippen LogP contribution in [0.4, 0.5) is 0 Å². The molecule has 1 aromatic carbocycles. The Balaban J connectivity index is 1.69. The number of sulfone groups is 1. The summed E-state index contributed by atoms with van der Waals surface area (Å²) in [5.41, 5.74) is 1.89. The van der Waals surface area contributed by atoms with Gasteiger partial charge in [-0.3, -0.25) is 4.79 Å². The second kappa shape index (κ2) is 5.99. The lowest BCUT2D eigenvalue weighted by Crippen LogP contribution is -2.33. The van der Waals surface area contributed by atoms with Crippen molar-refractivity contribution in [2.75, 3.05) is 11.5 Å². The fraction of sp³-hybridized carbons (Fsp3) is 0.312. The van der Waals surface area contributed by atoms with Crippen LogP contribution in [0.15, 0.2) is 40.6 Å². The maximum absolute atomic E-state index is 11.9. The van der Waals surface area contributed by atoms with Gasteiger partial charge in [-0.05, 0) is 6.07 Å². The van der Waals surface area contributed by atoms with Gasteiger partial charge in [0.2, 0.25) is 5.91 Å². The molecule has 0 saturated carbocycles. The lowest BCUT2D eigenvalue weighted by atomic mass is 10.2. The van der Waals surface area contributed by atoms with Crippen LogP contribution in [0.1, 0.15) is 12.5 Å². The molecule has 0 bridgehead atoms. The van der Waals surface area contributed by atoms with Crippen molar-refractivity contribution >= 4 is 49.8 Å². The van der Waals surface area contributed by atoms with Crippen molar-refractivity contribution in [3.05, 3.63) is 36.0 Å². The van der Waals surface area contributed by atoms with E-state index in [0.717, 1.165) is 16.5 Å². The summed E-state index contributed by atoms with van der Waals surface area (Å²) >= 11 is 1.32. The molecule has 2 aliphatic heterocycles. The Labute approximate surface area is 149 Å². The number of amidine groups is 1. The van der Waals surface area contributed by atoms with Crippen molar-refractivity contribution in [3.63, 3.8) is 0 Å². The van der Waals surface area contributed by atoms with E-state index in [4.69, 9.17) is 0 Å². The summed E-state index contributed by atoms with van der Waals surface area (Å²) in [6, 6.07) is 7.57. The van der Waals surface area contributed by atoms with Crippen molar-refractivity contribution in [1.29, 1.82) is 0 Å². The molecule has 0 unspecified atom stereocenters. The molecule has 7 nitrogen and oxygen atoms in total. The van der Waals surface area contributed by atoms with Gasteiger partial charge < -0.3 is 4.98 Å². The molecule has 0 aliphatic carbocycles. The number of para-hydroxylation sites is 1. The molecule has 2 atom stereocenters. The lowest BCUT2D eigenvalue weighted by molar-refractivity contribution is -0.115. The number of H-pyrrole nitrogens is 1. The quantitative estimate of drug-likeness (QED) is 0.804.